The normalized spacial score (nSPS) is 17.3. The molecule has 0 fully saturated rings. The molecule has 1 aliphatic heterocycles. The number of fused-ring (bicyclic) bond motifs is 1. The molecule has 0 saturated carbocycles. The fourth-order valence-electron chi connectivity index (χ4n) is 3.87. The molecular formula is C24H25N3O3. The van der Waals surface area contributed by atoms with E-state index in [1.54, 1.807) is 25.4 Å². The molecule has 1 unspecified atom stereocenters. The molecule has 0 aliphatic carbocycles. The van der Waals surface area contributed by atoms with Crippen molar-refractivity contribution in [1.82, 2.24) is 4.98 Å². The minimum atomic E-state index is -1.19. The second-order valence-corrected chi connectivity index (χ2v) is 7.69. The Kier molecular flexibility index (Phi) is 4.86. The maximum absolute atomic E-state index is 12.9. The number of hydrogen-bond donors (Lipinski definition) is 0. The van der Waals surface area contributed by atoms with Crippen LogP contribution in [0.4, 0.5) is 11.4 Å². The van der Waals surface area contributed by atoms with Crippen LogP contribution in [0.15, 0.2) is 60.8 Å². The van der Waals surface area contributed by atoms with Gasteiger partial charge in [-0.15, -0.1) is 0 Å². The molecule has 3 aromatic rings. The summed E-state index contributed by atoms with van der Waals surface area (Å²) in [5.41, 5.74) is 3.44. The van der Waals surface area contributed by atoms with Crippen LogP contribution in [0.5, 0.6) is 5.75 Å². The molecule has 0 bridgehead atoms. The zero-order valence-electron chi connectivity index (χ0n) is 17.8. The Hall–Kier alpha value is -3.54. The van der Waals surface area contributed by atoms with E-state index in [0.717, 1.165) is 22.5 Å². The highest BCUT2D eigenvalue weighted by Crippen LogP contribution is 2.49. The molecule has 2 heterocycles. The molecule has 4 rings (SSSR count). The van der Waals surface area contributed by atoms with Crippen LogP contribution in [0.1, 0.15) is 27.2 Å². The molecule has 6 nitrogen and oxygen atoms in total. The standard InChI is InChI=1S/C24H25N3O3/c1-26(2)17-10-8-16(9-11-17)24(22-19(23(28)30-24)7-6-14-25-22)20-13-12-18(27(3)4)15-21(20)29-5/h6-15H,1-5H3. The van der Waals surface area contributed by atoms with E-state index in [1.807, 2.05) is 80.5 Å². The lowest BCUT2D eigenvalue weighted by Crippen LogP contribution is -2.31. The van der Waals surface area contributed by atoms with Gasteiger partial charge in [-0.25, -0.2) is 4.79 Å². The lowest BCUT2D eigenvalue weighted by Gasteiger charge is -2.31. The molecule has 6 heteroatoms. The van der Waals surface area contributed by atoms with Crippen molar-refractivity contribution < 1.29 is 14.3 Å². The Morgan fingerprint density at radius 3 is 2.23 bits per heavy atom. The molecule has 0 spiro atoms. The van der Waals surface area contributed by atoms with Gasteiger partial charge in [-0.1, -0.05) is 12.1 Å². The van der Waals surface area contributed by atoms with Crippen molar-refractivity contribution in [2.24, 2.45) is 0 Å². The van der Waals surface area contributed by atoms with E-state index in [2.05, 4.69) is 4.98 Å². The third-order valence-corrected chi connectivity index (χ3v) is 5.48. The van der Waals surface area contributed by atoms with Crippen molar-refractivity contribution >= 4 is 17.3 Å². The zero-order chi connectivity index (χ0) is 21.5. The van der Waals surface area contributed by atoms with E-state index in [1.165, 1.54) is 0 Å². The van der Waals surface area contributed by atoms with E-state index in [9.17, 15) is 4.79 Å². The number of esters is 1. The van der Waals surface area contributed by atoms with Gasteiger partial charge in [0, 0.05) is 63.0 Å². The molecule has 0 saturated heterocycles. The third-order valence-electron chi connectivity index (χ3n) is 5.48. The lowest BCUT2D eigenvalue weighted by atomic mass is 9.82. The first kappa shape index (κ1) is 19.8. The molecule has 1 aromatic heterocycles. The van der Waals surface area contributed by atoms with Gasteiger partial charge >= 0.3 is 5.97 Å². The Labute approximate surface area is 176 Å². The summed E-state index contributed by atoms with van der Waals surface area (Å²) in [4.78, 5) is 21.5. The van der Waals surface area contributed by atoms with Gasteiger partial charge in [0.1, 0.15) is 11.4 Å². The Morgan fingerprint density at radius 1 is 0.933 bits per heavy atom. The fourth-order valence-corrected chi connectivity index (χ4v) is 3.87. The average molecular weight is 403 g/mol. The number of anilines is 2. The molecule has 30 heavy (non-hydrogen) atoms. The van der Waals surface area contributed by atoms with Crippen LogP contribution in [0, 0.1) is 0 Å². The number of aromatic nitrogens is 1. The Morgan fingerprint density at radius 2 is 1.60 bits per heavy atom. The van der Waals surface area contributed by atoms with Crippen molar-refractivity contribution in [1.29, 1.82) is 0 Å². The highest BCUT2D eigenvalue weighted by atomic mass is 16.6. The summed E-state index contributed by atoms with van der Waals surface area (Å²) >= 11 is 0. The minimum Gasteiger partial charge on any atom is -0.496 e. The molecule has 2 aromatic carbocycles. The van der Waals surface area contributed by atoms with Crippen molar-refractivity contribution in [3.63, 3.8) is 0 Å². The highest BCUT2D eigenvalue weighted by molar-refractivity contribution is 5.95. The van der Waals surface area contributed by atoms with Gasteiger partial charge in [0.15, 0.2) is 0 Å². The zero-order valence-corrected chi connectivity index (χ0v) is 17.8. The van der Waals surface area contributed by atoms with E-state index < -0.39 is 11.6 Å². The summed E-state index contributed by atoms with van der Waals surface area (Å²) < 4.78 is 11.9. The van der Waals surface area contributed by atoms with Gasteiger partial charge in [-0.3, -0.25) is 4.98 Å². The third kappa shape index (κ3) is 2.96. The number of hydrogen-bond acceptors (Lipinski definition) is 6. The van der Waals surface area contributed by atoms with Crippen LogP contribution in [0.3, 0.4) is 0 Å². The van der Waals surface area contributed by atoms with Crippen LogP contribution < -0.4 is 14.5 Å². The Balaban J connectivity index is 2.01. The van der Waals surface area contributed by atoms with Crippen LogP contribution in [-0.4, -0.2) is 46.3 Å². The quantitative estimate of drug-likeness (QED) is 0.606. The predicted octanol–water partition coefficient (Wildman–Crippen LogP) is 3.68. The average Bonchev–Trinajstić information content (AvgIpc) is 3.07. The Bertz CT molecular complexity index is 1090. The van der Waals surface area contributed by atoms with Gasteiger partial charge < -0.3 is 19.3 Å². The number of rotatable bonds is 5. The molecule has 1 atom stereocenters. The van der Waals surface area contributed by atoms with Crippen LogP contribution in [-0.2, 0) is 10.3 Å². The lowest BCUT2D eigenvalue weighted by molar-refractivity contribution is 0.0237. The van der Waals surface area contributed by atoms with Gasteiger partial charge in [-0.2, -0.15) is 0 Å². The number of benzene rings is 2. The number of pyridine rings is 1. The summed E-state index contributed by atoms with van der Waals surface area (Å²) in [7, 11) is 9.53. The topological polar surface area (TPSA) is 54.9 Å². The number of nitrogens with zero attached hydrogens (tertiary/aromatic N) is 3. The maximum Gasteiger partial charge on any atom is 0.341 e. The van der Waals surface area contributed by atoms with E-state index >= 15 is 0 Å². The molecule has 0 N–H and O–H groups in total. The maximum atomic E-state index is 12.9. The fraction of sp³-hybridized carbons (Fsp3) is 0.250. The minimum absolute atomic E-state index is 0.395. The summed E-state index contributed by atoms with van der Waals surface area (Å²) in [6.07, 6.45) is 1.68. The summed E-state index contributed by atoms with van der Waals surface area (Å²) in [5.74, 6) is 0.234. The van der Waals surface area contributed by atoms with Gasteiger partial charge in [-0.05, 0) is 36.4 Å². The highest BCUT2D eigenvalue weighted by Gasteiger charge is 2.51. The SMILES string of the molecule is COc1cc(N(C)C)ccc1C1(c2ccc(N(C)C)cc2)OC(=O)c2cccnc21. The van der Waals surface area contributed by atoms with E-state index in [4.69, 9.17) is 9.47 Å². The van der Waals surface area contributed by atoms with Gasteiger partial charge in [0.25, 0.3) is 0 Å². The number of cyclic esters (lactones) is 1. The number of ether oxygens (including phenoxy) is 2. The molecular weight excluding hydrogens is 378 g/mol. The van der Waals surface area contributed by atoms with Crippen LogP contribution in [0.2, 0.25) is 0 Å². The van der Waals surface area contributed by atoms with E-state index in [0.29, 0.717) is 17.0 Å². The first-order valence-corrected chi connectivity index (χ1v) is 9.71. The molecule has 1 aliphatic rings. The first-order valence-electron chi connectivity index (χ1n) is 9.71. The smallest absolute Gasteiger partial charge is 0.341 e. The van der Waals surface area contributed by atoms with Gasteiger partial charge in [0.2, 0.25) is 5.60 Å². The summed E-state index contributed by atoms with van der Waals surface area (Å²) in [6, 6.07) is 17.4. The van der Waals surface area contributed by atoms with Crippen LogP contribution >= 0.6 is 0 Å². The largest absolute Gasteiger partial charge is 0.496 e. The van der Waals surface area contributed by atoms with Crippen molar-refractivity contribution in [3.8, 4) is 5.75 Å². The van der Waals surface area contributed by atoms with Crippen molar-refractivity contribution in [2.75, 3.05) is 45.1 Å². The van der Waals surface area contributed by atoms with Gasteiger partial charge in [0.05, 0.1) is 12.7 Å². The monoisotopic (exact) mass is 403 g/mol. The summed E-state index contributed by atoms with van der Waals surface area (Å²) in [6.45, 7) is 0. The van der Waals surface area contributed by atoms with Crippen LogP contribution in [0.25, 0.3) is 0 Å². The molecule has 154 valence electrons. The number of carbonyl (C=O) groups excluding carboxylic acids is 1. The molecule has 0 radical (unpaired) electrons. The second kappa shape index (κ2) is 7.37. The van der Waals surface area contributed by atoms with E-state index in [-0.39, 0.29) is 0 Å². The molecule has 0 amide bonds. The predicted molar refractivity (Wildman–Crippen MR) is 118 cm³/mol. The number of methoxy groups -OCH3 is 1. The number of carbonyl (C=O) groups is 1. The summed E-state index contributed by atoms with van der Waals surface area (Å²) in [5, 5.41) is 0. The first-order chi connectivity index (χ1) is 14.4. The van der Waals surface area contributed by atoms with Crippen molar-refractivity contribution in [2.45, 2.75) is 5.60 Å². The second-order valence-electron chi connectivity index (χ2n) is 7.69. The van der Waals surface area contributed by atoms with Crippen molar-refractivity contribution in [3.05, 3.63) is 83.2 Å².